The van der Waals surface area contributed by atoms with Crippen molar-refractivity contribution in [3.63, 3.8) is 0 Å². The molecule has 0 aliphatic heterocycles. The average molecular weight is 451 g/mol. The van der Waals surface area contributed by atoms with Gasteiger partial charge in [-0.3, -0.25) is 9.59 Å². The second kappa shape index (κ2) is 11.2. The zero-order valence-corrected chi connectivity index (χ0v) is 19.3. The van der Waals surface area contributed by atoms with Crippen molar-refractivity contribution in [1.29, 1.82) is 0 Å². The Morgan fingerprint density at radius 3 is 2.47 bits per heavy atom. The smallest absolute Gasteiger partial charge is 0.243 e. The van der Waals surface area contributed by atoms with Gasteiger partial charge in [-0.2, -0.15) is 0 Å². The molecule has 2 amide bonds. The highest BCUT2D eigenvalue weighted by atomic mass is 35.5. The molecule has 0 radical (unpaired) electrons. The predicted octanol–water partition coefficient (Wildman–Crippen LogP) is 4.88. The molecule has 7 heteroatoms. The van der Waals surface area contributed by atoms with Crippen LogP contribution in [0.5, 0.6) is 5.75 Å². The number of halogens is 2. The number of rotatable bonds is 9. The highest BCUT2D eigenvalue weighted by Crippen LogP contribution is 2.23. The maximum Gasteiger partial charge on any atom is 0.243 e. The lowest BCUT2D eigenvalue weighted by molar-refractivity contribution is -0.141. The molecule has 0 spiro atoms. The molecule has 2 aromatic carbocycles. The molecule has 162 valence electrons. The lowest BCUT2D eigenvalue weighted by Crippen LogP contribution is -2.50. The molecular formula is C23H28Cl2N2O3. The normalized spacial score (nSPS) is 11.8. The van der Waals surface area contributed by atoms with Gasteiger partial charge in [-0.25, -0.2) is 0 Å². The minimum absolute atomic E-state index is 0.0222. The summed E-state index contributed by atoms with van der Waals surface area (Å²) in [5.74, 6) is 0.332. The summed E-state index contributed by atoms with van der Waals surface area (Å²) in [5, 5.41) is 3.85. The van der Waals surface area contributed by atoms with Crippen LogP contribution in [0.15, 0.2) is 42.5 Å². The molecule has 30 heavy (non-hydrogen) atoms. The molecule has 0 saturated carbocycles. The zero-order valence-electron chi connectivity index (χ0n) is 17.7. The van der Waals surface area contributed by atoms with Gasteiger partial charge in [0.25, 0.3) is 0 Å². The molecule has 0 aliphatic rings. The van der Waals surface area contributed by atoms with E-state index in [1.807, 2.05) is 45.0 Å². The maximum absolute atomic E-state index is 13.3. The largest absolute Gasteiger partial charge is 0.497 e. The monoisotopic (exact) mass is 450 g/mol. The van der Waals surface area contributed by atoms with Crippen molar-refractivity contribution in [3.8, 4) is 5.75 Å². The average Bonchev–Trinajstić information content (AvgIpc) is 2.69. The van der Waals surface area contributed by atoms with Crippen LogP contribution < -0.4 is 10.1 Å². The number of nitrogens with zero attached hydrogens (tertiary/aromatic N) is 1. The number of ether oxygens (including phenoxy) is 1. The first-order valence-electron chi connectivity index (χ1n) is 9.91. The van der Waals surface area contributed by atoms with E-state index in [1.54, 1.807) is 30.2 Å². The van der Waals surface area contributed by atoms with Gasteiger partial charge in [0, 0.05) is 22.6 Å². The van der Waals surface area contributed by atoms with Crippen LogP contribution in [0.2, 0.25) is 10.0 Å². The Morgan fingerprint density at radius 1 is 1.13 bits per heavy atom. The molecule has 1 N–H and O–H groups in total. The van der Waals surface area contributed by atoms with Crippen LogP contribution in [-0.2, 0) is 22.6 Å². The van der Waals surface area contributed by atoms with Gasteiger partial charge in [0.15, 0.2) is 0 Å². The summed E-state index contributed by atoms with van der Waals surface area (Å²) in [6.07, 6.45) is 0.564. The molecule has 0 bridgehead atoms. The van der Waals surface area contributed by atoms with Gasteiger partial charge in [0.05, 0.1) is 13.5 Å². The molecule has 0 fully saturated rings. The Bertz CT molecular complexity index is 887. The first kappa shape index (κ1) is 24.0. The number of benzene rings is 2. The lowest BCUT2D eigenvalue weighted by atomic mass is 10.1. The quantitative estimate of drug-likeness (QED) is 0.592. The highest BCUT2D eigenvalue weighted by Gasteiger charge is 2.29. The molecule has 5 nitrogen and oxygen atoms in total. The van der Waals surface area contributed by atoms with Crippen molar-refractivity contribution in [2.24, 2.45) is 0 Å². The molecular weight excluding hydrogens is 423 g/mol. The van der Waals surface area contributed by atoms with E-state index < -0.39 is 6.04 Å². The van der Waals surface area contributed by atoms with Crippen LogP contribution in [0, 0.1) is 0 Å². The Morgan fingerprint density at radius 2 is 1.87 bits per heavy atom. The summed E-state index contributed by atoms with van der Waals surface area (Å²) >= 11 is 12.2. The van der Waals surface area contributed by atoms with Gasteiger partial charge in [-0.15, -0.1) is 0 Å². The minimum atomic E-state index is -0.600. The van der Waals surface area contributed by atoms with Crippen molar-refractivity contribution in [3.05, 3.63) is 63.6 Å². The van der Waals surface area contributed by atoms with E-state index in [4.69, 9.17) is 27.9 Å². The summed E-state index contributed by atoms with van der Waals surface area (Å²) < 4.78 is 5.29. The SMILES string of the molecule is CCC(C(=O)NC(C)C)N(Cc1cccc(OC)c1)C(=O)Cc1ccc(Cl)cc1Cl. The van der Waals surface area contributed by atoms with Crippen molar-refractivity contribution in [1.82, 2.24) is 10.2 Å². The van der Waals surface area contributed by atoms with Crippen LogP contribution in [-0.4, -0.2) is 35.9 Å². The van der Waals surface area contributed by atoms with Gasteiger partial charge in [-0.05, 0) is 55.7 Å². The topological polar surface area (TPSA) is 58.6 Å². The lowest BCUT2D eigenvalue weighted by Gasteiger charge is -2.31. The third-order valence-corrected chi connectivity index (χ3v) is 5.25. The van der Waals surface area contributed by atoms with Gasteiger partial charge in [0.2, 0.25) is 11.8 Å². The number of amides is 2. The van der Waals surface area contributed by atoms with Crippen LogP contribution in [0.1, 0.15) is 38.3 Å². The molecule has 1 unspecified atom stereocenters. The summed E-state index contributed by atoms with van der Waals surface area (Å²) in [7, 11) is 1.59. The molecule has 2 aromatic rings. The second-order valence-corrected chi connectivity index (χ2v) is 8.22. The van der Waals surface area contributed by atoms with Crippen molar-refractivity contribution in [2.75, 3.05) is 7.11 Å². The Balaban J connectivity index is 2.34. The van der Waals surface area contributed by atoms with Crippen molar-refractivity contribution < 1.29 is 14.3 Å². The number of methoxy groups -OCH3 is 1. The molecule has 2 rings (SSSR count). The van der Waals surface area contributed by atoms with Crippen LogP contribution >= 0.6 is 23.2 Å². The maximum atomic E-state index is 13.3. The van der Waals surface area contributed by atoms with E-state index in [9.17, 15) is 9.59 Å². The number of nitrogens with one attached hydrogen (secondary N) is 1. The molecule has 1 atom stereocenters. The summed E-state index contributed by atoms with van der Waals surface area (Å²) in [6.45, 7) is 5.97. The van der Waals surface area contributed by atoms with Crippen LogP contribution in [0.3, 0.4) is 0 Å². The van der Waals surface area contributed by atoms with Gasteiger partial charge in [-0.1, -0.05) is 48.3 Å². The number of carbonyl (C=O) groups is 2. The third kappa shape index (κ3) is 6.64. The van der Waals surface area contributed by atoms with Crippen LogP contribution in [0.25, 0.3) is 0 Å². The van der Waals surface area contributed by atoms with Gasteiger partial charge in [0.1, 0.15) is 11.8 Å². The number of carbonyl (C=O) groups excluding carboxylic acids is 2. The fourth-order valence-corrected chi connectivity index (χ4v) is 3.67. The predicted molar refractivity (Wildman–Crippen MR) is 121 cm³/mol. The van der Waals surface area contributed by atoms with E-state index >= 15 is 0 Å². The van der Waals surface area contributed by atoms with Crippen LogP contribution in [0.4, 0.5) is 0 Å². The van der Waals surface area contributed by atoms with Gasteiger partial charge < -0.3 is 15.0 Å². The summed E-state index contributed by atoms with van der Waals surface area (Å²) in [4.78, 5) is 27.8. The fraction of sp³-hybridized carbons (Fsp3) is 0.391. The standard InChI is InChI=1S/C23H28Cl2N2O3/c1-5-21(23(29)26-15(2)3)27(14-16-7-6-8-19(11-16)30-4)22(28)12-17-9-10-18(24)13-20(17)25/h6-11,13,15,21H,5,12,14H2,1-4H3,(H,26,29). The van der Waals surface area contributed by atoms with Crippen molar-refractivity contribution in [2.45, 2.75) is 52.2 Å². The molecule has 0 heterocycles. The summed E-state index contributed by atoms with van der Waals surface area (Å²) in [5.41, 5.74) is 1.54. The Labute approximate surface area is 188 Å². The van der Waals surface area contributed by atoms with E-state index in [-0.39, 0.29) is 30.8 Å². The number of hydrogen-bond donors (Lipinski definition) is 1. The fourth-order valence-electron chi connectivity index (χ4n) is 3.20. The van der Waals surface area contributed by atoms with E-state index in [2.05, 4.69) is 5.32 Å². The first-order chi connectivity index (χ1) is 14.2. The zero-order chi connectivity index (χ0) is 22.3. The molecule has 0 aromatic heterocycles. The van der Waals surface area contributed by atoms with E-state index in [1.165, 1.54) is 0 Å². The third-order valence-electron chi connectivity index (χ3n) is 4.66. The second-order valence-electron chi connectivity index (χ2n) is 7.37. The minimum Gasteiger partial charge on any atom is -0.497 e. The molecule has 0 aliphatic carbocycles. The van der Waals surface area contributed by atoms with E-state index in [0.717, 1.165) is 5.56 Å². The van der Waals surface area contributed by atoms with E-state index in [0.29, 0.717) is 27.8 Å². The summed E-state index contributed by atoms with van der Waals surface area (Å²) in [6, 6.07) is 11.9. The first-order valence-corrected chi connectivity index (χ1v) is 10.7. The van der Waals surface area contributed by atoms with Crippen molar-refractivity contribution >= 4 is 35.0 Å². The number of hydrogen-bond acceptors (Lipinski definition) is 3. The molecule has 0 saturated heterocycles. The van der Waals surface area contributed by atoms with Gasteiger partial charge >= 0.3 is 0 Å². The highest BCUT2D eigenvalue weighted by molar-refractivity contribution is 6.35. The Hall–Kier alpha value is -2.24. The Kier molecular flexibility index (Phi) is 9.00.